The number of rotatable bonds is 10. The van der Waals surface area contributed by atoms with E-state index in [0.717, 1.165) is 21.4 Å². The molecule has 0 aliphatic carbocycles. The van der Waals surface area contributed by atoms with Crippen molar-refractivity contribution < 1.29 is 9.59 Å². The second-order valence-corrected chi connectivity index (χ2v) is 8.98. The van der Waals surface area contributed by atoms with E-state index in [0.29, 0.717) is 30.3 Å². The van der Waals surface area contributed by atoms with Crippen LogP contribution in [0.1, 0.15) is 30.4 Å². The highest BCUT2D eigenvalue weighted by atomic mass is 16.2. The summed E-state index contributed by atoms with van der Waals surface area (Å²) in [5.74, 6) is -0.449. The van der Waals surface area contributed by atoms with Gasteiger partial charge in [-0.05, 0) is 49.6 Å². The Morgan fingerprint density at radius 2 is 1.49 bits per heavy atom. The molecule has 2 amide bonds. The van der Waals surface area contributed by atoms with Crippen LogP contribution in [-0.4, -0.2) is 20.9 Å². The smallest absolute Gasteiger partial charge is 0.331 e. The topological polar surface area (TPSA) is 102 Å². The van der Waals surface area contributed by atoms with Crippen LogP contribution in [0.4, 0.5) is 5.69 Å². The molecule has 0 bridgehead atoms. The summed E-state index contributed by atoms with van der Waals surface area (Å²) in [5.41, 5.74) is 2.29. The first-order valence-electron chi connectivity index (χ1n) is 12.3. The van der Waals surface area contributed by atoms with E-state index in [1.165, 1.54) is 4.57 Å². The van der Waals surface area contributed by atoms with Crippen molar-refractivity contribution in [3.8, 4) is 0 Å². The summed E-state index contributed by atoms with van der Waals surface area (Å²) >= 11 is 0. The zero-order valence-electron chi connectivity index (χ0n) is 20.8. The number of amides is 2. The summed E-state index contributed by atoms with van der Waals surface area (Å²) in [7, 11) is 0. The normalized spacial score (nSPS) is 10.8. The standard InChI is InChI=1S/C29H30N4O4/c1-21-14-16-22(17-15-21)19-30-27(35)20-33-25-12-6-5-11-24(25)28(36)32(29(33)37)18-8-7-13-26(34)31-23-9-3-2-4-10-23/h2-6,9-12,14-17H,7-8,13,18-20H2,1H3,(H,30,35)(H,31,34). The Morgan fingerprint density at radius 3 is 2.24 bits per heavy atom. The number of para-hydroxylation sites is 2. The molecule has 8 heteroatoms. The highest BCUT2D eigenvalue weighted by molar-refractivity contribution is 5.90. The fraction of sp³-hybridized carbons (Fsp3) is 0.241. The molecular formula is C29H30N4O4. The van der Waals surface area contributed by atoms with Gasteiger partial charge in [-0.2, -0.15) is 0 Å². The number of benzene rings is 3. The molecule has 4 rings (SSSR count). The first-order valence-corrected chi connectivity index (χ1v) is 12.3. The largest absolute Gasteiger partial charge is 0.350 e. The van der Waals surface area contributed by atoms with E-state index in [1.807, 2.05) is 61.5 Å². The van der Waals surface area contributed by atoms with Crippen LogP contribution >= 0.6 is 0 Å². The van der Waals surface area contributed by atoms with Crippen molar-refractivity contribution in [2.24, 2.45) is 0 Å². The number of carbonyl (C=O) groups excluding carboxylic acids is 2. The fourth-order valence-corrected chi connectivity index (χ4v) is 4.13. The average molecular weight is 499 g/mol. The summed E-state index contributed by atoms with van der Waals surface area (Å²) in [4.78, 5) is 51.3. The minimum absolute atomic E-state index is 0.125. The van der Waals surface area contributed by atoms with Gasteiger partial charge in [-0.25, -0.2) is 4.79 Å². The number of carbonyl (C=O) groups is 2. The molecule has 3 aromatic carbocycles. The Hall–Kier alpha value is -4.46. The third-order valence-corrected chi connectivity index (χ3v) is 6.14. The summed E-state index contributed by atoms with van der Waals surface area (Å²) in [5, 5.41) is 6.04. The summed E-state index contributed by atoms with van der Waals surface area (Å²) in [6, 6.07) is 23.8. The second kappa shape index (κ2) is 12.0. The van der Waals surface area contributed by atoms with Crippen LogP contribution in [-0.2, 0) is 29.2 Å². The lowest BCUT2D eigenvalue weighted by molar-refractivity contribution is -0.122. The Bertz CT molecular complexity index is 1510. The molecule has 8 nitrogen and oxygen atoms in total. The molecule has 0 saturated carbocycles. The minimum Gasteiger partial charge on any atom is -0.350 e. The maximum absolute atomic E-state index is 13.3. The number of fused-ring (bicyclic) bond motifs is 1. The van der Waals surface area contributed by atoms with Gasteiger partial charge in [0.1, 0.15) is 6.54 Å². The number of unbranched alkanes of at least 4 members (excludes halogenated alkanes) is 1. The molecule has 0 unspecified atom stereocenters. The monoisotopic (exact) mass is 498 g/mol. The SMILES string of the molecule is Cc1ccc(CNC(=O)Cn2c(=O)n(CCCCC(=O)Nc3ccccc3)c(=O)c3ccccc32)cc1. The highest BCUT2D eigenvalue weighted by Gasteiger charge is 2.15. The van der Waals surface area contributed by atoms with E-state index in [1.54, 1.807) is 24.3 Å². The van der Waals surface area contributed by atoms with Crippen molar-refractivity contribution in [1.82, 2.24) is 14.5 Å². The number of aromatic nitrogens is 2. The number of nitrogens with zero attached hydrogens (tertiary/aromatic N) is 2. The third kappa shape index (κ3) is 6.61. The van der Waals surface area contributed by atoms with Crippen molar-refractivity contribution in [2.45, 2.75) is 45.8 Å². The quantitative estimate of drug-likeness (QED) is 0.326. The molecule has 0 fully saturated rings. The Kier molecular flexibility index (Phi) is 8.30. The van der Waals surface area contributed by atoms with Crippen LogP contribution in [0.5, 0.6) is 0 Å². The molecule has 0 aliphatic heterocycles. The predicted octanol–water partition coefficient (Wildman–Crippen LogP) is 3.60. The Balaban J connectivity index is 1.44. The van der Waals surface area contributed by atoms with Crippen LogP contribution in [0.3, 0.4) is 0 Å². The van der Waals surface area contributed by atoms with Gasteiger partial charge in [-0.15, -0.1) is 0 Å². The van der Waals surface area contributed by atoms with Crippen molar-refractivity contribution in [3.05, 3.63) is 111 Å². The molecule has 190 valence electrons. The molecule has 0 atom stereocenters. The van der Waals surface area contributed by atoms with E-state index in [9.17, 15) is 19.2 Å². The van der Waals surface area contributed by atoms with Crippen LogP contribution < -0.4 is 21.9 Å². The van der Waals surface area contributed by atoms with Crippen molar-refractivity contribution in [1.29, 1.82) is 0 Å². The maximum atomic E-state index is 13.3. The fourth-order valence-electron chi connectivity index (χ4n) is 4.13. The molecule has 2 N–H and O–H groups in total. The van der Waals surface area contributed by atoms with Gasteiger partial charge in [0.2, 0.25) is 11.8 Å². The van der Waals surface area contributed by atoms with Gasteiger partial charge in [0.25, 0.3) is 5.56 Å². The van der Waals surface area contributed by atoms with Gasteiger partial charge in [0.05, 0.1) is 10.9 Å². The molecule has 0 radical (unpaired) electrons. The van der Waals surface area contributed by atoms with E-state index in [2.05, 4.69) is 10.6 Å². The summed E-state index contributed by atoms with van der Waals surface area (Å²) in [6.07, 6.45) is 1.25. The van der Waals surface area contributed by atoms with Crippen LogP contribution in [0.2, 0.25) is 0 Å². The van der Waals surface area contributed by atoms with Gasteiger partial charge in [0, 0.05) is 25.2 Å². The van der Waals surface area contributed by atoms with Crippen molar-refractivity contribution in [3.63, 3.8) is 0 Å². The van der Waals surface area contributed by atoms with Gasteiger partial charge < -0.3 is 10.6 Å². The molecule has 0 aliphatic rings. The molecule has 4 aromatic rings. The lowest BCUT2D eigenvalue weighted by Gasteiger charge is -2.14. The summed E-state index contributed by atoms with van der Waals surface area (Å²) in [6.45, 7) is 2.29. The van der Waals surface area contributed by atoms with Crippen LogP contribution in [0, 0.1) is 6.92 Å². The summed E-state index contributed by atoms with van der Waals surface area (Å²) < 4.78 is 2.49. The number of hydrogen-bond donors (Lipinski definition) is 2. The zero-order valence-corrected chi connectivity index (χ0v) is 20.8. The Morgan fingerprint density at radius 1 is 0.784 bits per heavy atom. The van der Waals surface area contributed by atoms with Gasteiger partial charge >= 0.3 is 5.69 Å². The van der Waals surface area contributed by atoms with E-state index in [4.69, 9.17) is 0 Å². The highest BCUT2D eigenvalue weighted by Crippen LogP contribution is 2.10. The Labute approximate surface area is 214 Å². The van der Waals surface area contributed by atoms with Gasteiger partial charge in [-0.3, -0.25) is 23.5 Å². The van der Waals surface area contributed by atoms with E-state index < -0.39 is 11.2 Å². The lowest BCUT2D eigenvalue weighted by atomic mass is 10.1. The number of aryl methyl sites for hydroxylation is 1. The number of anilines is 1. The first-order chi connectivity index (χ1) is 17.9. The van der Waals surface area contributed by atoms with Crippen molar-refractivity contribution in [2.75, 3.05) is 5.32 Å². The molecular weight excluding hydrogens is 468 g/mol. The van der Waals surface area contributed by atoms with E-state index in [-0.39, 0.29) is 31.3 Å². The first kappa shape index (κ1) is 25.6. The van der Waals surface area contributed by atoms with Gasteiger partial charge in [-0.1, -0.05) is 60.2 Å². The van der Waals surface area contributed by atoms with E-state index >= 15 is 0 Å². The van der Waals surface area contributed by atoms with Crippen molar-refractivity contribution >= 4 is 28.4 Å². The molecule has 37 heavy (non-hydrogen) atoms. The molecule has 1 aromatic heterocycles. The number of hydrogen-bond acceptors (Lipinski definition) is 4. The maximum Gasteiger partial charge on any atom is 0.331 e. The number of nitrogens with one attached hydrogen (secondary N) is 2. The lowest BCUT2D eigenvalue weighted by Crippen LogP contribution is -2.42. The second-order valence-electron chi connectivity index (χ2n) is 8.98. The average Bonchev–Trinajstić information content (AvgIpc) is 2.91. The predicted molar refractivity (Wildman–Crippen MR) is 144 cm³/mol. The third-order valence-electron chi connectivity index (χ3n) is 6.14. The van der Waals surface area contributed by atoms with Crippen LogP contribution in [0.25, 0.3) is 10.9 Å². The minimum atomic E-state index is -0.539. The van der Waals surface area contributed by atoms with Crippen LogP contribution in [0.15, 0.2) is 88.5 Å². The van der Waals surface area contributed by atoms with Gasteiger partial charge in [0.15, 0.2) is 0 Å². The zero-order chi connectivity index (χ0) is 26.2. The molecule has 0 saturated heterocycles. The molecule has 1 heterocycles. The molecule has 0 spiro atoms.